The van der Waals surface area contributed by atoms with Gasteiger partial charge in [-0.1, -0.05) is 0 Å². The third-order valence-electron chi connectivity index (χ3n) is 0.500. The lowest BCUT2D eigenvalue weighted by atomic mass is 10.1. The average Bonchev–Trinajstić information content (AvgIpc) is 1.55. The molecule has 0 aliphatic heterocycles. The van der Waals surface area contributed by atoms with Gasteiger partial charge in [0.2, 0.25) is 0 Å². The van der Waals surface area contributed by atoms with E-state index in [0.717, 1.165) is 18.3 Å². The molecular weight excluding hydrogens is 158 g/mol. The van der Waals surface area contributed by atoms with Crippen LogP contribution in [0.4, 0.5) is 0 Å². The number of quaternary nitrogens is 1. The molecule has 0 aromatic rings. The van der Waals surface area contributed by atoms with Gasteiger partial charge < -0.3 is 19.5 Å². The summed E-state index contributed by atoms with van der Waals surface area (Å²) in [5.41, 5.74) is -1.69. The highest BCUT2D eigenvalue weighted by Gasteiger charge is 2.11. The average molecular weight is 177 g/mol. The molecule has 4 nitrogen and oxygen atoms in total. The van der Waals surface area contributed by atoms with Crippen LogP contribution < -0.4 is 5.11 Å². The first-order valence-electron chi connectivity index (χ1n) is 3.67. The molecule has 0 aliphatic rings. The Kier molecular flexibility index (Phi) is 5.14. The topological polar surface area (TPSA) is 60.4 Å². The molecule has 1 N–H and O–H groups in total. The van der Waals surface area contributed by atoms with Crippen LogP contribution in [0.3, 0.4) is 0 Å². The molecule has 0 heterocycles. The predicted molar refractivity (Wildman–Crippen MR) is 45.3 cm³/mol. The van der Waals surface area contributed by atoms with Gasteiger partial charge in [0.1, 0.15) is 0 Å². The summed E-state index contributed by atoms with van der Waals surface area (Å²) in [7, 11) is 8.50. The van der Waals surface area contributed by atoms with Crippen LogP contribution in [-0.2, 0) is 4.79 Å². The highest BCUT2D eigenvalue weighted by atomic mass is 16.4. The van der Waals surface area contributed by atoms with Crippen LogP contribution in [0.2, 0.25) is 0 Å². The molecule has 0 saturated carbocycles. The number of carbonyl (C=O) groups excluding carboxylic acids is 1. The Labute approximate surface area is 74.0 Å². The zero-order valence-electron chi connectivity index (χ0n) is 8.71. The lowest BCUT2D eigenvalue weighted by Gasteiger charge is -2.16. The van der Waals surface area contributed by atoms with Crippen LogP contribution >= 0.6 is 0 Å². The van der Waals surface area contributed by atoms with Crippen molar-refractivity contribution in [2.24, 2.45) is 0 Å². The normalized spacial score (nSPS) is 11.6. The first kappa shape index (κ1) is 13.9. The maximum atomic E-state index is 9.66. The number of aliphatic hydroxyl groups is 1. The van der Waals surface area contributed by atoms with Crippen molar-refractivity contribution >= 4 is 5.97 Å². The number of carbonyl (C=O) groups is 1. The number of nitrogens with zero attached hydrogens (tertiary/aromatic N) is 1. The molecule has 0 fully saturated rings. The number of carboxylic acids is 1. The Morgan fingerprint density at radius 1 is 1.25 bits per heavy atom. The molecule has 74 valence electrons. The Morgan fingerprint density at radius 2 is 1.33 bits per heavy atom. The van der Waals surface area contributed by atoms with E-state index in [0.29, 0.717) is 0 Å². The van der Waals surface area contributed by atoms with Crippen molar-refractivity contribution in [2.45, 2.75) is 19.4 Å². The lowest BCUT2D eigenvalue weighted by Crippen LogP contribution is -2.43. The first-order valence-corrected chi connectivity index (χ1v) is 3.67. The third kappa shape index (κ3) is 22.8. The molecule has 0 radical (unpaired) electrons. The van der Waals surface area contributed by atoms with E-state index in [9.17, 15) is 9.90 Å². The van der Waals surface area contributed by atoms with Gasteiger partial charge in [0, 0.05) is 0 Å². The van der Waals surface area contributed by atoms with Crippen molar-refractivity contribution in [3.05, 3.63) is 0 Å². The molecule has 0 aliphatic carbocycles. The van der Waals surface area contributed by atoms with E-state index in [4.69, 9.17) is 5.11 Å². The van der Waals surface area contributed by atoms with E-state index in [1.54, 1.807) is 0 Å². The molecular formula is C8H19NO3. The maximum absolute atomic E-state index is 9.66. The smallest absolute Gasteiger partial charge is 0.0983 e. The summed E-state index contributed by atoms with van der Waals surface area (Å²) in [5.74, 6) is -1.45. The van der Waals surface area contributed by atoms with Crippen LogP contribution in [0, 0.1) is 0 Å². The summed E-state index contributed by atoms with van der Waals surface area (Å²) < 4.78 is 1.00. The number of hydrogen-bond acceptors (Lipinski definition) is 3. The maximum Gasteiger partial charge on any atom is 0.0983 e. The molecule has 0 bridgehead atoms. The van der Waals surface area contributed by atoms with Gasteiger partial charge in [-0.05, 0) is 13.8 Å². The van der Waals surface area contributed by atoms with E-state index in [-0.39, 0.29) is 0 Å². The van der Waals surface area contributed by atoms with Crippen LogP contribution in [0.15, 0.2) is 0 Å². The molecule has 0 spiro atoms. The van der Waals surface area contributed by atoms with Gasteiger partial charge >= 0.3 is 0 Å². The first-order chi connectivity index (χ1) is 4.94. The number of aliphatic carboxylic acids is 1. The minimum Gasteiger partial charge on any atom is -0.547 e. The summed E-state index contributed by atoms with van der Waals surface area (Å²) in [6, 6.07) is 0. The lowest BCUT2D eigenvalue weighted by molar-refractivity contribution is -0.849. The predicted octanol–water partition coefficient (Wildman–Crippen LogP) is -1.17. The summed E-state index contributed by atoms with van der Waals surface area (Å²) in [5, 5.41) is 18.1. The van der Waals surface area contributed by atoms with Gasteiger partial charge in [0.05, 0.1) is 39.8 Å². The van der Waals surface area contributed by atoms with E-state index in [2.05, 4.69) is 28.2 Å². The fourth-order valence-electron chi connectivity index (χ4n) is 0. The van der Waals surface area contributed by atoms with Gasteiger partial charge in [-0.2, -0.15) is 0 Å². The monoisotopic (exact) mass is 177 g/mol. The Balaban J connectivity index is 0. The molecule has 0 aromatic carbocycles. The number of rotatable bonds is 1. The van der Waals surface area contributed by atoms with Gasteiger partial charge in [-0.3, -0.25) is 0 Å². The summed E-state index contributed by atoms with van der Waals surface area (Å²) >= 11 is 0. The molecule has 12 heavy (non-hydrogen) atoms. The van der Waals surface area contributed by atoms with E-state index >= 15 is 0 Å². The zero-order valence-corrected chi connectivity index (χ0v) is 8.71. The fraction of sp³-hybridized carbons (Fsp3) is 0.875. The van der Waals surface area contributed by atoms with Gasteiger partial charge in [-0.25, -0.2) is 0 Å². The molecule has 0 aromatic heterocycles. The second kappa shape index (κ2) is 4.42. The van der Waals surface area contributed by atoms with Crippen molar-refractivity contribution in [3.8, 4) is 0 Å². The van der Waals surface area contributed by atoms with Crippen LogP contribution in [0.25, 0.3) is 0 Å². The summed E-state index contributed by atoms with van der Waals surface area (Å²) in [6.07, 6.45) is 0. The molecule has 0 amide bonds. The Hall–Kier alpha value is -0.610. The van der Waals surface area contributed by atoms with E-state index in [1.807, 2.05) is 0 Å². The van der Waals surface area contributed by atoms with E-state index < -0.39 is 11.6 Å². The van der Waals surface area contributed by atoms with Crippen molar-refractivity contribution in [1.82, 2.24) is 0 Å². The van der Waals surface area contributed by atoms with Gasteiger partial charge in [0.25, 0.3) is 0 Å². The number of carboxylic acid groups (broad SMARTS) is 1. The Morgan fingerprint density at radius 3 is 1.33 bits per heavy atom. The minimum atomic E-state index is -1.69. The molecule has 0 atom stereocenters. The second-order valence-corrected chi connectivity index (χ2v) is 4.53. The van der Waals surface area contributed by atoms with Crippen molar-refractivity contribution in [3.63, 3.8) is 0 Å². The third-order valence-corrected chi connectivity index (χ3v) is 0.500. The minimum absolute atomic E-state index is 1.00. The summed E-state index contributed by atoms with van der Waals surface area (Å²) in [6.45, 7) is 2.31. The molecule has 0 saturated heterocycles. The van der Waals surface area contributed by atoms with Crippen molar-refractivity contribution in [2.75, 3.05) is 28.2 Å². The van der Waals surface area contributed by atoms with Crippen molar-refractivity contribution in [1.29, 1.82) is 0 Å². The highest BCUT2D eigenvalue weighted by Crippen LogP contribution is 1.95. The van der Waals surface area contributed by atoms with Crippen LogP contribution in [-0.4, -0.2) is 49.4 Å². The molecule has 4 heteroatoms. The highest BCUT2D eigenvalue weighted by molar-refractivity contribution is 5.73. The van der Waals surface area contributed by atoms with Crippen molar-refractivity contribution < 1.29 is 19.5 Å². The largest absolute Gasteiger partial charge is 0.547 e. The quantitative estimate of drug-likeness (QED) is 0.513. The van der Waals surface area contributed by atoms with Gasteiger partial charge in [-0.15, -0.1) is 0 Å². The fourth-order valence-corrected chi connectivity index (χ4v) is 0. The zero-order chi connectivity index (χ0) is 10.6. The van der Waals surface area contributed by atoms with Crippen LogP contribution in [0.1, 0.15) is 13.8 Å². The van der Waals surface area contributed by atoms with Crippen LogP contribution in [0.5, 0.6) is 0 Å². The summed E-state index contributed by atoms with van der Waals surface area (Å²) in [4.78, 5) is 9.66. The SMILES string of the molecule is CC(C)(O)C(=O)[O-].C[N+](C)(C)C. The van der Waals surface area contributed by atoms with Gasteiger partial charge in [0.15, 0.2) is 0 Å². The van der Waals surface area contributed by atoms with E-state index in [1.165, 1.54) is 0 Å². The second-order valence-electron chi connectivity index (χ2n) is 4.53. The Bertz CT molecular complexity index is 135. The molecule has 0 unspecified atom stereocenters. The molecule has 0 rings (SSSR count). The number of hydrogen-bond donors (Lipinski definition) is 1. The standard InChI is InChI=1S/C4H12N.C4H8O3/c1-5(2,3)4;1-4(2,7)3(5)6/h1-4H3;7H,1-2H3,(H,5,6)/q+1;/p-1.